The molecule has 11 heteroatoms. The van der Waals surface area contributed by atoms with Gasteiger partial charge in [-0.05, 0) is 6.42 Å². The third-order valence-electron chi connectivity index (χ3n) is 2.49. The van der Waals surface area contributed by atoms with Gasteiger partial charge in [0, 0.05) is 11.6 Å². The summed E-state index contributed by atoms with van der Waals surface area (Å²) in [7, 11) is -3.85. The van der Waals surface area contributed by atoms with E-state index in [4.69, 9.17) is 5.73 Å². The molecule has 3 aromatic heterocycles. The standard InChI is InChI=1S/C9H10N6O2S3/c1-2-5-12-13-8(19-5)14-20(16,17)7-6(10)11-9-15(7)3-4-18-9/h3-4H,2,10H2,1H3,(H,13,14). The maximum Gasteiger partial charge on any atom is 0.283 e. The van der Waals surface area contributed by atoms with E-state index in [0.717, 1.165) is 5.01 Å². The van der Waals surface area contributed by atoms with Gasteiger partial charge in [0.25, 0.3) is 10.0 Å². The average molecular weight is 330 g/mol. The quantitative estimate of drug-likeness (QED) is 0.742. The maximum absolute atomic E-state index is 12.4. The fourth-order valence-corrected chi connectivity index (χ4v) is 4.55. The van der Waals surface area contributed by atoms with Crippen LogP contribution in [0.4, 0.5) is 10.9 Å². The van der Waals surface area contributed by atoms with Gasteiger partial charge >= 0.3 is 0 Å². The summed E-state index contributed by atoms with van der Waals surface area (Å²) in [6.45, 7) is 1.92. The highest BCUT2D eigenvalue weighted by Gasteiger charge is 2.25. The molecule has 0 spiro atoms. The number of thiazole rings is 1. The Labute approximate surface area is 122 Å². The van der Waals surface area contributed by atoms with Gasteiger partial charge < -0.3 is 5.73 Å². The SMILES string of the molecule is CCc1nnc(NS(=O)(=O)c2c(N)nc3sccn23)s1. The number of anilines is 2. The molecule has 3 heterocycles. The van der Waals surface area contributed by atoms with Crippen molar-refractivity contribution in [2.45, 2.75) is 18.4 Å². The molecule has 0 aromatic carbocycles. The molecular weight excluding hydrogens is 320 g/mol. The lowest BCUT2D eigenvalue weighted by Crippen LogP contribution is -2.16. The number of nitrogens with zero attached hydrogens (tertiary/aromatic N) is 4. The first kappa shape index (κ1) is 13.3. The second-order valence-corrected chi connectivity index (χ2v) is 7.35. The minimum absolute atomic E-state index is 0.0374. The molecule has 0 aliphatic carbocycles. The van der Waals surface area contributed by atoms with E-state index in [1.54, 1.807) is 11.6 Å². The Morgan fingerprint density at radius 3 is 2.95 bits per heavy atom. The second kappa shape index (κ2) is 4.68. The lowest BCUT2D eigenvalue weighted by Gasteiger charge is -2.03. The van der Waals surface area contributed by atoms with Crippen molar-refractivity contribution in [2.75, 3.05) is 10.5 Å². The normalized spacial score (nSPS) is 12.1. The zero-order valence-corrected chi connectivity index (χ0v) is 12.7. The molecule has 0 saturated carbocycles. The Morgan fingerprint density at radius 1 is 1.45 bits per heavy atom. The molecule has 106 valence electrons. The number of fused-ring (bicyclic) bond motifs is 1. The third kappa shape index (κ3) is 2.13. The van der Waals surface area contributed by atoms with E-state index in [-0.39, 0.29) is 16.0 Å². The molecule has 0 saturated heterocycles. The number of imidazole rings is 1. The number of nitrogens with two attached hydrogens (primary N) is 1. The summed E-state index contributed by atoms with van der Waals surface area (Å²) in [6, 6.07) is 0. The number of hydrogen-bond donors (Lipinski definition) is 2. The predicted molar refractivity (Wildman–Crippen MR) is 77.6 cm³/mol. The minimum atomic E-state index is -3.85. The smallest absolute Gasteiger partial charge is 0.283 e. The van der Waals surface area contributed by atoms with E-state index < -0.39 is 10.0 Å². The van der Waals surface area contributed by atoms with E-state index in [1.165, 1.54) is 27.1 Å². The van der Waals surface area contributed by atoms with Crippen molar-refractivity contribution in [3.8, 4) is 0 Å². The molecule has 0 aliphatic rings. The van der Waals surface area contributed by atoms with Gasteiger partial charge in [-0.15, -0.1) is 21.5 Å². The van der Waals surface area contributed by atoms with Crippen molar-refractivity contribution >= 4 is 48.6 Å². The summed E-state index contributed by atoms with van der Waals surface area (Å²) in [5.74, 6) is -0.0374. The van der Waals surface area contributed by atoms with Gasteiger partial charge in [-0.25, -0.2) is 4.98 Å². The summed E-state index contributed by atoms with van der Waals surface area (Å²) >= 11 is 2.50. The summed E-state index contributed by atoms with van der Waals surface area (Å²) in [5.41, 5.74) is 5.69. The molecule has 0 fully saturated rings. The van der Waals surface area contributed by atoms with Crippen molar-refractivity contribution < 1.29 is 8.42 Å². The molecule has 3 aromatic rings. The molecule has 20 heavy (non-hydrogen) atoms. The van der Waals surface area contributed by atoms with Crippen LogP contribution in [0, 0.1) is 0 Å². The van der Waals surface area contributed by atoms with Crippen LogP contribution in [0.2, 0.25) is 0 Å². The number of rotatable bonds is 4. The zero-order chi connectivity index (χ0) is 14.3. The monoisotopic (exact) mass is 330 g/mol. The molecule has 0 radical (unpaired) electrons. The van der Waals surface area contributed by atoms with Crippen LogP contribution in [-0.4, -0.2) is 28.0 Å². The van der Waals surface area contributed by atoms with Gasteiger partial charge in [-0.2, -0.15) is 8.42 Å². The molecule has 8 nitrogen and oxygen atoms in total. The number of sulfonamides is 1. The van der Waals surface area contributed by atoms with Gasteiger partial charge in [0.15, 0.2) is 10.8 Å². The zero-order valence-electron chi connectivity index (χ0n) is 10.3. The van der Waals surface area contributed by atoms with Crippen molar-refractivity contribution in [3.05, 3.63) is 16.6 Å². The largest absolute Gasteiger partial charge is 0.381 e. The van der Waals surface area contributed by atoms with Crippen LogP contribution < -0.4 is 10.5 Å². The molecule has 0 unspecified atom stereocenters. The van der Waals surface area contributed by atoms with Crippen molar-refractivity contribution in [1.29, 1.82) is 0 Å². The minimum Gasteiger partial charge on any atom is -0.381 e. The van der Waals surface area contributed by atoms with E-state index >= 15 is 0 Å². The van der Waals surface area contributed by atoms with Crippen LogP contribution in [0.1, 0.15) is 11.9 Å². The summed E-state index contributed by atoms with van der Waals surface area (Å²) in [5, 5.41) is 10.3. The van der Waals surface area contributed by atoms with Gasteiger partial charge in [0.1, 0.15) is 5.01 Å². The highest BCUT2D eigenvalue weighted by Crippen LogP contribution is 2.26. The van der Waals surface area contributed by atoms with Crippen LogP contribution in [0.5, 0.6) is 0 Å². The average Bonchev–Trinajstić information content (AvgIpc) is 3.03. The second-order valence-electron chi connectivity index (χ2n) is 3.82. The fourth-order valence-electron chi connectivity index (χ4n) is 1.65. The summed E-state index contributed by atoms with van der Waals surface area (Å²) < 4.78 is 28.6. The Bertz CT molecular complexity index is 861. The lowest BCUT2D eigenvalue weighted by molar-refractivity contribution is 0.597. The first-order chi connectivity index (χ1) is 9.51. The van der Waals surface area contributed by atoms with Crippen LogP contribution in [0.15, 0.2) is 16.6 Å². The van der Waals surface area contributed by atoms with Crippen molar-refractivity contribution in [1.82, 2.24) is 19.6 Å². The fraction of sp³-hybridized carbons (Fsp3) is 0.222. The maximum atomic E-state index is 12.4. The van der Waals surface area contributed by atoms with Crippen LogP contribution in [-0.2, 0) is 16.4 Å². The first-order valence-corrected chi connectivity index (χ1v) is 8.75. The predicted octanol–water partition coefficient (Wildman–Crippen LogP) is 1.19. The lowest BCUT2D eigenvalue weighted by atomic mass is 10.5. The summed E-state index contributed by atoms with van der Waals surface area (Å²) in [4.78, 5) is 4.53. The molecule has 3 rings (SSSR count). The highest BCUT2D eigenvalue weighted by molar-refractivity contribution is 7.93. The van der Waals surface area contributed by atoms with Gasteiger partial charge in [-0.1, -0.05) is 18.3 Å². The molecule has 0 aliphatic heterocycles. The Hall–Kier alpha value is -1.72. The number of nitrogens with one attached hydrogen (secondary N) is 1. The van der Waals surface area contributed by atoms with Crippen molar-refractivity contribution in [3.63, 3.8) is 0 Å². The van der Waals surface area contributed by atoms with E-state index in [9.17, 15) is 8.42 Å². The van der Waals surface area contributed by atoms with Gasteiger partial charge in [0.2, 0.25) is 10.2 Å². The Balaban J connectivity index is 2.03. The molecule has 3 N–H and O–H groups in total. The number of aryl methyl sites for hydroxylation is 1. The van der Waals surface area contributed by atoms with E-state index in [0.29, 0.717) is 11.4 Å². The molecular formula is C9H10N6O2S3. The molecule has 0 amide bonds. The molecule has 0 bridgehead atoms. The van der Waals surface area contributed by atoms with Crippen LogP contribution >= 0.6 is 22.7 Å². The van der Waals surface area contributed by atoms with E-state index in [1.807, 2.05) is 6.92 Å². The Kier molecular flexibility index (Phi) is 3.11. The molecule has 0 atom stereocenters. The van der Waals surface area contributed by atoms with Crippen LogP contribution in [0.25, 0.3) is 4.96 Å². The number of hydrogen-bond acceptors (Lipinski definition) is 8. The van der Waals surface area contributed by atoms with Gasteiger partial charge in [0.05, 0.1) is 0 Å². The highest BCUT2D eigenvalue weighted by atomic mass is 32.2. The van der Waals surface area contributed by atoms with Crippen molar-refractivity contribution in [2.24, 2.45) is 0 Å². The first-order valence-electron chi connectivity index (χ1n) is 5.57. The third-order valence-corrected chi connectivity index (χ3v) is 5.73. The van der Waals surface area contributed by atoms with Crippen LogP contribution in [0.3, 0.4) is 0 Å². The van der Waals surface area contributed by atoms with Gasteiger partial charge in [-0.3, -0.25) is 9.12 Å². The Morgan fingerprint density at radius 2 is 2.25 bits per heavy atom. The number of aromatic nitrogens is 4. The topological polar surface area (TPSA) is 115 Å². The number of nitrogen functional groups attached to an aromatic ring is 1. The summed E-state index contributed by atoms with van der Waals surface area (Å²) in [6.07, 6.45) is 2.30. The van der Waals surface area contributed by atoms with E-state index in [2.05, 4.69) is 19.9 Å².